The van der Waals surface area contributed by atoms with Gasteiger partial charge < -0.3 is 9.47 Å². The average molecular weight is 296 g/mol. The van der Waals surface area contributed by atoms with Crippen LogP contribution in [0.5, 0.6) is 0 Å². The van der Waals surface area contributed by atoms with Crippen LogP contribution in [0.1, 0.15) is 39.5 Å². The quantitative estimate of drug-likeness (QED) is 0.295. The first-order chi connectivity index (χ1) is 9.67. The molecule has 20 heavy (non-hydrogen) atoms. The lowest BCUT2D eigenvalue weighted by Crippen LogP contribution is -2.30. The van der Waals surface area contributed by atoms with Gasteiger partial charge in [-0.25, -0.2) is 0 Å². The van der Waals surface area contributed by atoms with E-state index in [0.717, 1.165) is 30.6 Å². The number of ether oxygens (including phenoxy) is 2. The van der Waals surface area contributed by atoms with Gasteiger partial charge in [0, 0.05) is 18.9 Å². The second-order valence-corrected chi connectivity index (χ2v) is 5.85. The Balaban J connectivity index is 2.65. The fraction of sp³-hybridized carbons (Fsp3) is 0.562. The number of methoxy groups -OCH3 is 1. The van der Waals surface area contributed by atoms with Crippen molar-refractivity contribution in [2.45, 2.75) is 56.0 Å². The summed E-state index contributed by atoms with van der Waals surface area (Å²) >= 11 is 1.60. The number of carbonyl (C=O) groups is 1. The molecular weight excluding hydrogens is 272 g/mol. The van der Waals surface area contributed by atoms with Crippen molar-refractivity contribution in [1.82, 2.24) is 0 Å². The van der Waals surface area contributed by atoms with Gasteiger partial charge in [-0.05, 0) is 25.0 Å². The number of hydrogen-bond acceptors (Lipinski definition) is 4. The van der Waals surface area contributed by atoms with E-state index < -0.39 is 0 Å². The van der Waals surface area contributed by atoms with Crippen molar-refractivity contribution in [3.8, 4) is 0 Å². The summed E-state index contributed by atoms with van der Waals surface area (Å²) in [6.45, 7) is 3.61. The standard InChI is InChI=1S/C16H24O3S/c1-4-5-7-12-15(19-13(2)17)16(18-3)20-14-10-8-6-9-11-14/h6,8-11,15-16H,4-5,7,12H2,1-3H3. The summed E-state index contributed by atoms with van der Waals surface area (Å²) in [5, 5.41) is 0. The van der Waals surface area contributed by atoms with E-state index in [-0.39, 0.29) is 17.5 Å². The van der Waals surface area contributed by atoms with Crippen LogP contribution in [-0.2, 0) is 14.3 Å². The van der Waals surface area contributed by atoms with Crippen LogP contribution in [0.25, 0.3) is 0 Å². The Morgan fingerprint density at radius 1 is 1.25 bits per heavy atom. The molecule has 0 aromatic heterocycles. The summed E-state index contributed by atoms with van der Waals surface area (Å²) < 4.78 is 11.0. The van der Waals surface area contributed by atoms with E-state index >= 15 is 0 Å². The smallest absolute Gasteiger partial charge is 0.303 e. The van der Waals surface area contributed by atoms with Gasteiger partial charge in [-0.3, -0.25) is 4.79 Å². The number of unbranched alkanes of at least 4 members (excludes halogenated alkanes) is 2. The molecule has 1 aromatic carbocycles. The fourth-order valence-corrected chi connectivity index (χ4v) is 2.99. The van der Waals surface area contributed by atoms with Crippen molar-refractivity contribution in [2.75, 3.05) is 7.11 Å². The monoisotopic (exact) mass is 296 g/mol. The zero-order chi connectivity index (χ0) is 14.8. The molecule has 0 spiro atoms. The highest BCUT2D eigenvalue weighted by Gasteiger charge is 2.24. The Morgan fingerprint density at radius 3 is 2.50 bits per heavy atom. The number of hydrogen-bond donors (Lipinski definition) is 0. The number of carbonyl (C=O) groups excluding carboxylic acids is 1. The Morgan fingerprint density at radius 2 is 1.95 bits per heavy atom. The molecule has 0 radical (unpaired) electrons. The summed E-state index contributed by atoms with van der Waals surface area (Å²) in [4.78, 5) is 12.4. The van der Waals surface area contributed by atoms with Gasteiger partial charge in [0.25, 0.3) is 0 Å². The predicted molar refractivity (Wildman–Crippen MR) is 82.8 cm³/mol. The molecule has 0 saturated heterocycles. The van der Waals surface area contributed by atoms with E-state index in [1.165, 1.54) is 6.92 Å². The first kappa shape index (κ1) is 17.1. The fourth-order valence-electron chi connectivity index (χ4n) is 1.97. The van der Waals surface area contributed by atoms with Gasteiger partial charge in [-0.2, -0.15) is 0 Å². The topological polar surface area (TPSA) is 35.5 Å². The number of benzene rings is 1. The van der Waals surface area contributed by atoms with E-state index in [0.29, 0.717) is 0 Å². The lowest BCUT2D eigenvalue weighted by Gasteiger charge is -2.25. The summed E-state index contributed by atoms with van der Waals surface area (Å²) in [5.74, 6) is -0.248. The zero-order valence-electron chi connectivity index (χ0n) is 12.5. The normalized spacial score (nSPS) is 13.8. The third kappa shape index (κ3) is 6.44. The van der Waals surface area contributed by atoms with Gasteiger partial charge in [-0.1, -0.05) is 49.7 Å². The second kappa shape index (κ2) is 9.83. The van der Waals surface area contributed by atoms with Crippen molar-refractivity contribution < 1.29 is 14.3 Å². The molecular formula is C16H24O3S. The van der Waals surface area contributed by atoms with Crippen LogP contribution in [0.3, 0.4) is 0 Å². The highest BCUT2D eigenvalue weighted by atomic mass is 32.2. The molecule has 0 fully saturated rings. The van der Waals surface area contributed by atoms with Crippen LogP contribution in [0.2, 0.25) is 0 Å². The zero-order valence-corrected chi connectivity index (χ0v) is 13.3. The third-order valence-electron chi connectivity index (χ3n) is 2.94. The summed E-state index contributed by atoms with van der Waals surface area (Å²) in [5.41, 5.74) is -0.168. The highest BCUT2D eigenvalue weighted by molar-refractivity contribution is 7.99. The predicted octanol–water partition coefficient (Wildman–Crippen LogP) is 4.26. The molecule has 0 aliphatic heterocycles. The maximum atomic E-state index is 11.3. The molecule has 0 heterocycles. The third-order valence-corrected chi connectivity index (χ3v) is 4.21. The summed E-state index contributed by atoms with van der Waals surface area (Å²) in [6, 6.07) is 10.0. The van der Waals surface area contributed by atoms with Crippen molar-refractivity contribution in [1.29, 1.82) is 0 Å². The molecule has 0 aliphatic rings. The van der Waals surface area contributed by atoms with Crippen LogP contribution in [0.15, 0.2) is 35.2 Å². The molecule has 0 N–H and O–H groups in total. The molecule has 4 heteroatoms. The summed E-state index contributed by atoms with van der Waals surface area (Å²) in [6.07, 6.45) is 3.98. The molecule has 2 unspecified atom stereocenters. The van der Waals surface area contributed by atoms with Crippen LogP contribution >= 0.6 is 11.8 Å². The van der Waals surface area contributed by atoms with Crippen molar-refractivity contribution in [3.05, 3.63) is 30.3 Å². The van der Waals surface area contributed by atoms with Crippen molar-refractivity contribution in [2.24, 2.45) is 0 Å². The van der Waals surface area contributed by atoms with E-state index in [9.17, 15) is 4.79 Å². The van der Waals surface area contributed by atoms with Gasteiger partial charge in [0.2, 0.25) is 0 Å². The highest BCUT2D eigenvalue weighted by Crippen LogP contribution is 2.29. The molecule has 2 atom stereocenters. The van der Waals surface area contributed by atoms with Crippen LogP contribution in [-0.4, -0.2) is 24.6 Å². The molecule has 1 rings (SSSR count). The van der Waals surface area contributed by atoms with E-state index in [2.05, 4.69) is 6.92 Å². The molecule has 3 nitrogen and oxygen atoms in total. The number of esters is 1. The molecule has 112 valence electrons. The number of rotatable bonds is 9. The first-order valence-corrected chi connectivity index (χ1v) is 7.97. The Kier molecular flexibility index (Phi) is 8.38. The second-order valence-electron chi connectivity index (χ2n) is 4.68. The van der Waals surface area contributed by atoms with Gasteiger partial charge in [0.1, 0.15) is 11.5 Å². The van der Waals surface area contributed by atoms with Crippen molar-refractivity contribution >= 4 is 17.7 Å². The SMILES string of the molecule is CCCCCC(OC(C)=O)C(OC)Sc1ccccc1. The average Bonchev–Trinajstić information content (AvgIpc) is 2.45. The number of thioether (sulfide) groups is 1. The molecule has 0 saturated carbocycles. The molecule has 1 aromatic rings. The van der Waals surface area contributed by atoms with Gasteiger partial charge in [0.05, 0.1) is 0 Å². The first-order valence-electron chi connectivity index (χ1n) is 7.09. The largest absolute Gasteiger partial charge is 0.459 e. The van der Waals surface area contributed by atoms with E-state index in [4.69, 9.17) is 9.47 Å². The molecule has 0 bridgehead atoms. The van der Waals surface area contributed by atoms with E-state index in [1.54, 1.807) is 18.9 Å². The maximum absolute atomic E-state index is 11.3. The Labute approximate surface area is 126 Å². The van der Waals surface area contributed by atoms with Crippen LogP contribution in [0, 0.1) is 0 Å². The van der Waals surface area contributed by atoms with Gasteiger partial charge >= 0.3 is 5.97 Å². The molecule has 0 aliphatic carbocycles. The lowest BCUT2D eigenvalue weighted by molar-refractivity contribution is -0.150. The minimum atomic E-state index is -0.248. The van der Waals surface area contributed by atoms with E-state index in [1.807, 2.05) is 30.3 Å². The van der Waals surface area contributed by atoms with Gasteiger partial charge in [0.15, 0.2) is 0 Å². The Bertz CT molecular complexity index is 381. The Hall–Kier alpha value is -1.00. The maximum Gasteiger partial charge on any atom is 0.303 e. The minimum absolute atomic E-state index is 0.168. The summed E-state index contributed by atoms with van der Waals surface area (Å²) in [7, 11) is 1.66. The minimum Gasteiger partial charge on any atom is -0.459 e. The van der Waals surface area contributed by atoms with Gasteiger partial charge in [-0.15, -0.1) is 0 Å². The van der Waals surface area contributed by atoms with Crippen LogP contribution < -0.4 is 0 Å². The van der Waals surface area contributed by atoms with Crippen LogP contribution in [0.4, 0.5) is 0 Å². The van der Waals surface area contributed by atoms with Crippen molar-refractivity contribution in [3.63, 3.8) is 0 Å². The molecule has 0 amide bonds. The lowest BCUT2D eigenvalue weighted by atomic mass is 10.1.